The Morgan fingerprint density at radius 1 is 1.44 bits per heavy atom. The summed E-state index contributed by atoms with van der Waals surface area (Å²) in [6.45, 7) is 0. The van der Waals surface area contributed by atoms with Crippen LogP contribution in [0.2, 0.25) is 0 Å². The van der Waals surface area contributed by atoms with Gasteiger partial charge in [0, 0.05) is 6.04 Å². The van der Waals surface area contributed by atoms with E-state index >= 15 is 0 Å². The molecule has 0 saturated heterocycles. The molecule has 86 valence electrons. The summed E-state index contributed by atoms with van der Waals surface area (Å²) in [5.74, 6) is 2.35. The molecule has 0 amide bonds. The second kappa shape index (κ2) is 3.87. The van der Waals surface area contributed by atoms with Gasteiger partial charge in [-0.3, -0.25) is 4.79 Å². The van der Waals surface area contributed by atoms with E-state index < -0.39 is 0 Å². The average molecular weight is 284 g/mol. The predicted octanol–water partition coefficient (Wildman–Crippen LogP) is 2.13. The van der Waals surface area contributed by atoms with Crippen molar-refractivity contribution in [3.63, 3.8) is 0 Å². The van der Waals surface area contributed by atoms with Gasteiger partial charge in [-0.1, -0.05) is 6.42 Å². The minimum Gasteiger partial charge on any atom is -0.366 e. The fourth-order valence-corrected chi connectivity index (χ4v) is 3.41. The highest BCUT2D eigenvalue weighted by atomic mass is 79.9. The molecule has 1 aromatic rings. The van der Waals surface area contributed by atoms with Crippen LogP contribution in [0.25, 0.3) is 0 Å². The van der Waals surface area contributed by atoms with Gasteiger partial charge in [0.15, 0.2) is 0 Å². The zero-order valence-corrected chi connectivity index (χ0v) is 10.5. The summed E-state index contributed by atoms with van der Waals surface area (Å²) in [6.07, 6.45) is 6.72. The molecule has 1 aromatic heterocycles. The van der Waals surface area contributed by atoms with Crippen LogP contribution in [0, 0.1) is 11.8 Å². The molecule has 2 saturated carbocycles. The number of aromatic nitrogens is 2. The first-order valence-corrected chi connectivity index (χ1v) is 6.53. The Labute approximate surface area is 102 Å². The smallest absolute Gasteiger partial charge is 0.267 e. The van der Waals surface area contributed by atoms with Gasteiger partial charge in [-0.15, -0.1) is 0 Å². The van der Waals surface area contributed by atoms with Crippen molar-refractivity contribution in [1.82, 2.24) is 9.97 Å². The van der Waals surface area contributed by atoms with Gasteiger partial charge >= 0.3 is 0 Å². The molecule has 16 heavy (non-hydrogen) atoms. The first-order valence-electron chi connectivity index (χ1n) is 5.74. The number of rotatable bonds is 2. The minimum atomic E-state index is -0.124. The van der Waals surface area contributed by atoms with E-state index in [2.05, 4.69) is 31.2 Å². The first kappa shape index (κ1) is 10.3. The van der Waals surface area contributed by atoms with Gasteiger partial charge in [-0.05, 0) is 47.0 Å². The molecular weight excluding hydrogens is 270 g/mol. The fourth-order valence-electron chi connectivity index (χ4n) is 3.08. The molecule has 0 spiro atoms. The predicted molar refractivity (Wildman–Crippen MR) is 65.4 cm³/mol. The van der Waals surface area contributed by atoms with Crippen molar-refractivity contribution in [2.75, 3.05) is 5.32 Å². The first-order chi connectivity index (χ1) is 7.74. The number of hydrogen-bond acceptors (Lipinski definition) is 3. The third-order valence-corrected chi connectivity index (χ3v) is 4.59. The van der Waals surface area contributed by atoms with Crippen molar-refractivity contribution in [1.29, 1.82) is 0 Å². The lowest BCUT2D eigenvalue weighted by Gasteiger charge is -2.23. The average Bonchev–Trinajstić information content (AvgIpc) is 2.86. The lowest BCUT2D eigenvalue weighted by atomic mass is 9.95. The number of nitrogens with zero attached hydrogens (tertiary/aromatic N) is 1. The van der Waals surface area contributed by atoms with Crippen LogP contribution in [0.3, 0.4) is 0 Å². The molecule has 0 radical (unpaired) electrons. The van der Waals surface area contributed by atoms with E-state index in [1.807, 2.05) is 0 Å². The van der Waals surface area contributed by atoms with Gasteiger partial charge in [-0.25, -0.2) is 4.98 Å². The maximum atomic E-state index is 11.4. The lowest BCUT2D eigenvalue weighted by Crippen LogP contribution is -2.27. The van der Waals surface area contributed by atoms with Gasteiger partial charge in [0.05, 0.1) is 6.33 Å². The van der Waals surface area contributed by atoms with E-state index in [-0.39, 0.29) is 5.56 Å². The molecule has 2 fully saturated rings. The topological polar surface area (TPSA) is 57.8 Å². The molecule has 2 N–H and O–H groups in total. The van der Waals surface area contributed by atoms with Gasteiger partial charge in [0.25, 0.3) is 5.56 Å². The van der Waals surface area contributed by atoms with E-state index in [0.717, 1.165) is 11.8 Å². The highest BCUT2D eigenvalue weighted by Gasteiger charge is 2.39. The largest absolute Gasteiger partial charge is 0.366 e. The van der Waals surface area contributed by atoms with Crippen LogP contribution in [0.15, 0.2) is 15.6 Å². The summed E-state index contributed by atoms with van der Waals surface area (Å²) in [7, 11) is 0. The number of H-pyrrole nitrogens is 1. The summed E-state index contributed by atoms with van der Waals surface area (Å²) in [5, 5.41) is 3.40. The molecule has 0 aliphatic heterocycles. The van der Waals surface area contributed by atoms with E-state index in [4.69, 9.17) is 0 Å². The molecule has 3 rings (SSSR count). The van der Waals surface area contributed by atoms with E-state index in [0.29, 0.717) is 16.3 Å². The Bertz CT molecular complexity index is 459. The minimum absolute atomic E-state index is 0.124. The van der Waals surface area contributed by atoms with Crippen LogP contribution in [0.1, 0.15) is 25.7 Å². The van der Waals surface area contributed by atoms with Crippen molar-refractivity contribution >= 4 is 21.7 Å². The van der Waals surface area contributed by atoms with Gasteiger partial charge in [-0.2, -0.15) is 0 Å². The van der Waals surface area contributed by atoms with Crippen LogP contribution in [-0.4, -0.2) is 16.0 Å². The molecule has 3 atom stereocenters. The SMILES string of the molecule is O=c1[nH]cnc(NC2CC3CCC2C3)c1Br. The molecular formula is C11H14BrN3O. The maximum absolute atomic E-state index is 11.4. The third-order valence-electron chi connectivity index (χ3n) is 3.86. The van der Waals surface area contributed by atoms with Gasteiger partial charge in [0.2, 0.25) is 0 Å². The van der Waals surface area contributed by atoms with Crippen molar-refractivity contribution in [2.45, 2.75) is 31.7 Å². The lowest BCUT2D eigenvalue weighted by molar-refractivity contribution is 0.438. The van der Waals surface area contributed by atoms with Crippen LogP contribution in [0.5, 0.6) is 0 Å². The highest BCUT2D eigenvalue weighted by molar-refractivity contribution is 9.10. The zero-order chi connectivity index (χ0) is 11.1. The number of hydrogen-bond donors (Lipinski definition) is 2. The Morgan fingerprint density at radius 3 is 3.00 bits per heavy atom. The Balaban J connectivity index is 1.80. The quantitative estimate of drug-likeness (QED) is 0.874. The second-order valence-corrected chi connectivity index (χ2v) is 5.61. The van der Waals surface area contributed by atoms with Gasteiger partial charge in [0.1, 0.15) is 10.3 Å². The Hall–Kier alpha value is -0.840. The van der Waals surface area contributed by atoms with Crippen LogP contribution >= 0.6 is 15.9 Å². The Kier molecular flexibility index (Phi) is 2.50. The summed E-state index contributed by atoms with van der Waals surface area (Å²) in [4.78, 5) is 18.1. The summed E-state index contributed by atoms with van der Waals surface area (Å²) in [5.41, 5.74) is -0.124. The van der Waals surface area contributed by atoms with Crippen molar-refractivity contribution in [3.05, 3.63) is 21.2 Å². The van der Waals surface area contributed by atoms with Crippen molar-refractivity contribution in [3.8, 4) is 0 Å². The summed E-state index contributed by atoms with van der Waals surface area (Å²) < 4.78 is 0.512. The van der Waals surface area contributed by atoms with Crippen LogP contribution in [-0.2, 0) is 0 Å². The van der Waals surface area contributed by atoms with Crippen LogP contribution in [0.4, 0.5) is 5.82 Å². The van der Waals surface area contributed by atoms with Gasteiger partial charge < -0.3 is 10.3 Å². The Morgan fingerprint density at radius 2 is 2.31 bits per heavy atom. The van der Waals surface area contributed by atoms with E-state index in [1.54, 1.807) is 0 Å². The molecule has 2 aliphatic rings. The number of fused-ring (bicyclic) bond motifs is 2. The summed E-state index contributed by atoms with van der Waals surface area (Å²) in [6, 6.07) is 0.504. The fraction of sp³-hybridized carbons (Fsp3) is 0.636. The molecule has 2 bridgehead atoms. The molecule has 0 aromatic carbocycles. The molecule has 5 heteroatoms. The maximum Gasteiger partial charge on any atom is 0.267 e. The molecule has 3 unspecified atom stereocenters. The normalized spacial score (nSPS) is 31.9. The van der Waals surface area contributed by atoms with Crippen molar-refractivity contribution < 1.29 is 0 Å². The van der Waals surface area contributed by atoms with Crippen molar-refractivity contribution in [2.24, 2.45) is 11.8 Å². The number of aromatic amines is 1. The standard InChI is InChI=1S/C11H14BrN3O/c12-9-10(13-5-14-11(9)16)15-8-4-6-1-2-7(8)3-6/h5-8H,1-4H2,(H2,13,14,15,16). The van der Waals surface area contributed by atoms with Crippen LogP contribution < -0.4 is 10.9 Å². The van der Waals surface area contributed by atoms with E-state index in [9.17, 15) is 4.79 Å². The zero-order valence-electron chi connectivity index (χ0n) is 8.87. The van der Waals surface area contributed by atoms with E-state index in [1.165, 1.54) is 32.0 Å². The molecule has 4 nitrogen and oxygen atoms in total. The number of anilines is 1. The summed E-state index contributed by atoms with van der Waals surface area (Å²) >= 11 is 3.27. The third kappa shape index (κ3) is 1.67. The highest BCUT2D eigenvalue weighted by Crippen LogP contribution is 2.45. The molecule has 1 heterocycles. The monoisotopic (exact) mass is 283 g/mol. The molecule has 2 aliphatic carbocycles. The second-order valence-electron chi connectivity index (χ2n) is 4.82. The number of nitrogens with one attached hydrogen (secondary N) is 2. The number of halogens is 1.